The van der Waals surface area contributed by atoms with Crippen molar-refractivity contribution in [3.05, 3.63) is 87.3 Å². The number of pyridine rings is 2. The van der Waals surface area contributed by atoms with Crippen molar-refractivity contribution in [2.45, 2.75) is 36.9 Å². The van der Waals surface area contributed by atoms with Crippen LogP contribution in [0.3, 0.4) is 0 Å². The molecule has 2 N–H and O–H groups in total. The molecular formula is C25H23N7O2S2. The van der Waals surface area contributed by atoms with E-state index < -0.39 is 5.91 Å². The molecule has 4 heterocycles. The van der Waals surface area contributed by atoms with Gasteiger partial charge in [0, 0.05) is 18.5 Å². The SMILES string of the molecule is CCCn1c(=N)c(C(=O)Nc2nnc(SCc3ccccc3)s2)cc2c(=O)n3cccc(C)c3nc21. The zero-order valence-electron chi connectivity index (χ0n) is 19.7. The molecule has 5 rings (SSSR count). The number of aromatic nitrogens is 5. The topological polar surface area (TPSA) is 118 Å². The first-order valence-corrected chi connectivity index (χ1v) is 13.2. The molecule has 0 aliphatic carbocycles. The van der Waals surface area contributed by atoms with Gasteiger partial charge in [0.15, 0.2) is 4.34 Å². The van der Waals surface area contributed by atoms with Crippen molar-refractivity contribution in [1.29, 1.82) is 5.41 Å². The van der Waals surface area contributed by atoms with Gasteiger partial charge < -0.3 is 4.57 Å². The fourth-order valence-electron chi connectivity index (χ4n) is 3.91. The summed E-state index contributed by atoms with van der Waals surface area (Å²) in [6.07, 6.45) is 2.37. The van der Waals surface area contributed by atoms with E-state index in [1.165, 1.54) is 39.1 Å². The summed E-state index contributed by atoms with van der Waals surface area (Å²) in [6, 6.07) is 15.1. The summed E-state index contributed by atoms with van der Waals surface area (Å²) in [5, 5.41) is 20.3. The van der Waals surface area contributed by atoms with Crippen LogP contribution in [-0.4, -0.2) is 30.1 Å². The summed E-state index contributed by atoms with van der Waals surface area (Å²) in [7, 11) is 0. The largest absolute Gasteiger partial charge is 0.310 e. The van der Waals surface area contributed by atoms with Crippen LogP contribution in [0, 0.1) is 12.3 Å². The molecule has 9 nitrogen and oxygen atoms in total. The van der Waals surface area contributed by atoms with Crippen LogP contribution in [0.5, 0.6) is 0 Å². The van der Waals surface area contributed by atoms with Crippen molar-refractivity contribution in [2.24, 2.45) is 0 Å². The van der Waals surface area contributed by atoms with Crippen molar-refractivity contribution in [3.63, 3.8) is 0 Å². The summed E-state index contributed by atoms with van der Waals surface area (Å²) in [6.45, 7) is 4.31. The molecule has 0 fully saturated rings. The van der Waals surface area contributed by atoms with Crippen LogP contribution in [0.4, 0.5) is 5.13 Å². The Balaban J connectivity index is 1.49. The average Bonchev–Trinajstić information content (AvgIpc) is 3.33. The van der Waals surface area contributed by atoms with Gasteiger partial charge >= 0.3 is 0 Å². The fraction of sp³-hybridized carbons (Fsp3) is 0.200. The third-order valence-corrected chi connectivity index (χ3v) is 7.70. The highest BCUT2D eigenvalue weighted by Crippen LogP contribution is 2.28. The van der Waals surface area contributed by atoms with Gasteiger partial charge in [0.25, 0.3) is 11.5 Å². The van der Waals surface area contributed by atoms with Crippen LogP contribution in [-0.2, 0) is 12.3 Å². The lowest BCUT2D eigenvalue weighted by Crippen LogP contribution is -2.32. The lowest BCUT2D eigenvalue weighted by Gasteiger charge is -2.14. The standard InChI is InChI=1S/C25H23N7O2S2/c1-3-11-31-19(26)17(13-18-21(31)27-20-15(2)8-7-12-32(20)23(18)34)22(33)28-24-29-30-25(36-24)35-14-16-9-5-4-6-10-16/h4-10,12-13,26H,3,11,14H2,1-2H3,(H,28,29,33). The molecule has 1 amide bonds. The van der Waals surface area contributed by atoms with Crippen molar-refractivity contribution >= 4 is 50.8 Å². The van der Waals surface area contributed by atoms with E-state index in [0.717, 1.165) is 15.7 Å². The predicted octanol–water partition coefficient (Wildman–Crippen LogP) is 4.24. The predicted molar refractivity (Wildman–Crippen MR) is 142 cm³/mol. The maximum atomic E-state index is 13.3. The normalized spacial score (nSPS) is 11.3. The van der Waals surface area contributed by atoms with Crippen molar-refractivity contribution < 1.29 is 4.79 Å². The Kier molecular flexibility index (Phi) is 6.66. The maximum Gasteiger partial charge on any atom is 0.267 e. The smallest absolute Gasteiger partial charge is 0.267 e. The molecule has 0 aliphatic rings. The fourth-order valence-corrected chi connectivity index (χ4v) is 5.62. The highest BCUT2D eigenvalue weighted by Gasteiger charge is 2.19. The molecular weight excluding hydrogens is 494 g/mol. The minimum atomic E-state index is -0.517. The molecule has 0 atom stereocenters. The molecule has 0 unspecified atom stereocenters. The molecule has 182 valence electrons. The van der Waals surface area contributed by atoms with Gasteiger partial charge in [-0.15, -0.1) is 10.2 Å². The number of benzene rings is 1. The van der Waals surface area contributed by atoms with Crippen LogP contribution >= 0.6 is 23.1 Å². The minimum Gasteiger partial charge on any atom is -0.310 e. The monoisotopic (exact) mass is 517 g/mol. The van der Waals surface area contributed by atoms with Crippen LogP contribution in [0.15, 0.2) is 63.9 Å². The molecule has 0 spiro atoms. The number of hydrogen-bond acceptors (Lipinski definition) is 8. The van der Waals surface area contributed by atoms with Gasteiger partial charge in [-0.3, -0.25) is 24.7 Å². The van der Waals surface area contributed by atoms with Gasteiger partial charge in [0.1, 0.15) is 16.8 Å². The summed E-state index contributed by atoms with van der Waals surface area (Å²) in [5.41, 5.74) is 2.74. The number of amides is 1. The first kappa shape index (κ1) is 23.9. The number of hydrogen-bond donors (Lipinski definition) is 2. The zero-order chi connectivity index (χ0) is 25.2. The molecule has 36 heavy (non-hydrogen) atoms. The molecule has 0 saturated heterocycles. The third-order valence-electron chi connectivity index (χ3n) is 5.66. The number of fused-ring (bicyclic) bond motifs is 2. The van der Waals surface area contributed by atoms with Crippen molar-refractivity contribution in [3.8, 4) is 0 Å². The van der Waals surface area contributed by atoms with Crippen LogP contribution in [0.25, 0.3) is 16.7 Å². The summed E-state index contributed by atoms with van der Waals surface area (Å²) in [5.74, 6) is 0.225. The second-order valence-corrected chi connectivity index (χ2v) is 10.4. The number of nitrogens with one attached hydrogen (secondary N) is 2. The molecule has 11 heteroatoms. The molecule has 0 aliphatic heterocycles. The minimum absolute atomic E-state index is 0.00474. The molecule has 1 aromatic carbocycles. The lowest BCUT2D eigenvalue weighted by atomic mass is 10.2. The maximum absolute atomic E-state index is 13.3. The zero-order valence-corrected chi connectivity index (χ0v) is 21.3. The van der Waals surface area contributed by atoms with Gasteiger partial charge in [-0.25, -0.2) is 4.98 Å². The third kappa shape index (κ3) is 4.54. The van der Waals surface area contributed by atoms with Crippen molar-refractivity contribution in [2.75, 3.05) is 5.32 Å². The number of carbonyl (C=O) groups excluding carboxylic acids is 1. The van der Waals surface area contributed by atoms with E-state index in [9.17, 15) is 9.59 Å². The summed E-state index contributed by atoms with van der Waals surface area (Å²) >= 11 is 2.80. The Hall–Kier alpha value is -3.83. The second kappa shape index (κ2) is 10.0. The van der Waals surface area contributed by atoms with E-state index in [-0.39, 0.29) is 22.0 Å². The quantitative estimate of drug-likeness (QED) is 0.189. The Bertz CT molecular complexity index is 1710. The Labute approximate surface area is 214 Å². The van der Waals surface area contributed by atoms with E-state index in [1.54, 1.807) is 16.8 Å². The van der Waals surface area contributed by atoms with Crippen LogP contribution < -0.4 is 16.4 Å². The highest BCUT2D eigenvalue weighted by molar-refractivity contribution is 8.00. The highest BCUT2D eigenvalue weighted by atomic mass is 32.2. The van der Waals surface area contributed by atoms with E-state index in [0.29, 0.717) is 29.4 Å². The van der Waals surface area contributed by atoms with E-state index in [2.05, 4.69) is 15.5 Å². The van der Waals surface area contributed by atoms with Gasteiger partial charge in [-0.1, -0.05) is 66.4 Å². The Morgan fingerprint density at radius 3 is 2.72 bits per heavy atom. The Morgan fingerprint density at radius 1 is 1.14 bits per heavy atom. The second-order valence-electron chi connectivity index (χ2n) is 8.20. The van der Waals surface area contributed by atoms with Gasteiger partial charge in [0.2, 0.25) is 5.13 Å². The Morgan fingerprint density at radius 2 is 1.94 bits per heavy atom. The van der Waals surface area contributed by atoms with Gasteiger partial charge in [-0.05, 0) is 36.6 Å². The number of carbonyl (C=O) groups is 1. The van der Waals surface area contributed by atoms with E-state index >= 15 is 0 Å². The van der Waals surface area contributed by atoms with Gasteiger partial charge in [0.05, 0.1) is 10.9 Å². The number of nitrogens with zero attached hydrogens (tertiary/aromatic N) is 5. The average molecular weight is 518 g/mol. The van der Waals surface area contributed by atoms with Gasteiger partial charge in [-0.2, -0.15) is 0 Å². The molecule has 4 aromatic heterocycles. The summed E-state index contributed by atoms with van der Waals surface area (Å²) < 4.78 is 3.82. The van der Waals surface area contributed by atoms with Crippen molar-refractivity contribution in [1.82, 2.24) is 24.1 Å². The molecule has 0 saturated carbocycles. The first-order chi connectivity index (χ1) is 17.5. The summed E-state index contributed by atoms with van der Waals surface area (Å²) in [4.78, 5) is 31.2. The van der Waals surface area contributed by atoms with E-state index in [1.807, 2.05) is 50.2 Å². The molecule has 0 radical (unpaired) electrons. The number of aryl methyl sites for hydroxylation is 2. The lowest BCUT2D eigenvalue weighted by molar-refractivity contribution is 0.102. The molecule has 0 bridgehead atoms. The number of anilines is 1. The first-order valence-electron chi connectivity index (χ1n) is 11.4. The number of thioether (sulfide) groups is 1. The van der Waals surface area contributed by atoms with E-state index in [4.69, 9.17) is 10.4 Å². The number of rotatable bonds is 7. The molecule has 5 aromatic rings. The van der Waals surface area contributed by atoms with Crippen LogP contribution in [0.2, 0.25) is 0 Å². The van der Waals surface area contributed by atoms with Crippen LogP contribution in [0.1, 0.15) is 34.8 Å².